The summed E-state index contributed by atoms with van der Waals surface area (Å²) in [7, 11) is -2.14. The van der Waals surface area contributed by atoms with Gasteiger partial charge in [0.25, 0.3) is 5.69 Å². The van der Waals surface area contributed by atoms with Gasteiger partial charge in [-0.2, -0.15) is 4.31 Å². The lowest BCUT2D eigenvalue weighted by molar-refractivity contribution is -0.385. The van der Waals surface area contributed by atoms with E-state index in [2.05, 4.69) is 20.8 Å². The Morgan fingerprint density at radius 1 is 1.14 bits per heavy atom. The third kappa shape index (κ3) is 4.52. The molecule has 150 valence electrons. The number of ether oxygens (including phenoxy) is 1. The zero-order chi connectivity index (χ0) is 20.3. The average molecular weight is 470 g/mol. The number of halogens is 1. The minimum absolute atomic E-state index is 0.0520. The summed E-state index contributed by atoms with van der Waals surface area (Å²) in [6.07, 6.45) is 0. The molecule has 0 N–H and O–H groups in total. The summed E-state index contributed by atoms with van der Waals surface area (Å²) in [6.45, 7) is 2.41. The van der Waals surface area contributed by atoms with Crippen LogP contribution in [-0.2, 0) is 16.6 Å². The van der Waals surface area contributed by atoms with E-state index in [9.17, 15) is 18.5 Å². The Morgan fingerprint density at radius 3 is 2.50 bits per heavy atom. The Labute approximate surface area is 172 Å². The molecule has 1 heterocycles. The third-order valence-electron chi connectivity index (χ3n) is 4.63. The molecular weight excluding hydrogens is 450 g/mol. The van der Waals surface area contributed by atoms with Crippen LogP contribution in [0.3, 0.4) is 0 Å². The number of piperazine rings is 1. The maximum absolute atomic E-state index is 12.8. The lowest BCUT2D eigenvalue weighted by Gasteiger charge is -2.34. The molecule has 1 aliphatic heterocycles. The molecule has 0 radical (unpaired) electrons. The van der Waals surface area contributed by atoms with Crippen LogP contribution in [0.4, 0.5) is 5.69 Å². The molecule has 0 aliphatic carbocycles. The lowest BCUT2D eigenvalue weighted by atomic mass is 10.2. The highest BCUT2D eigenvalue weighted by atomic mass is 79.9. The first-order chi connectivity index (χ1) is 13.3. The van der Waals surface area contributed by atoms with Gasteiger partial charge in [0, 0.05) is 54.9 Å². The molecule has 3 rings (SSSR count). The van der Waals surface area contributed by atoms with Gasteiger partial charge in [-0.25, -0.2) is 8.42 Å². The summed E-state index contributed by atoms with van der Waals surface area (Å²) in [5, 5.41) is 10.9. The molecule has 10 heteroatoms. The van der Waals surface area contributed by atoms with Crippen LogP contribution in [0.2, 0.25) is 0 Å². The van der Waals surface area contributed by atoms with Gasteiger partial charge in [-0.1, -0.05) is 22.0 Å². The number of rotatable bonds is 6. The maximum Gasteiger partial charge on any atom is 0.270 e. The second-order valence-corrected chi connectivity index (χ2v) is 9.24. The first-order valence-electron chi connectivity index (χ1n) is 8.60. The van der Waals surface area contributed by atoms with E-state index < -0.39 is 14.9 Å². The first kappa shape index (κ1) is 20.7. The van der Waals surface area contributed by atoms with E-state index in [1.807, 2.05) is 18.2 Å². The monoisotopic (exact) mass is 469 g/mol. The van der Waals surface area contributed by atoms with Gasteiger partial charge in [0.15, 0.2) is 0 Å². The molecule has 0 amide bonds. The number of benzene rings is 2. The number of non-ortho nitro benzene ring substituents is 1. The van der Waals surface area contributed by atoms with Crippen molar-refractivity contribution in [3.8, 4) is 5.75 Å². The molecular formula is C18H20BrN3O5S. The standard InChI is InChI=1S/C18H20BrN3O5S/c1-27-18-6-5-15(19)11-14(18)13-20-7-9-21(10-8-20)28(25,26)17-4-2-3-16(12-17)22(23)24/h2-6,11-12H,7-10,13H2,1H3. The highest BCUT2D eigenvalue weighted by molar-refractivity contribution is 9.10. The number of nitrogens with zero attached hydrogens (tertiary/aromatic N) is 3. The van der Waals surface area contributed by atoms with Gasteiger partial charge < -0.3 is 4.74 Å². The van der Waals surface area contributed by atoms with Crippen LogP contribution in [0, 0.1) is 10.1 Å². The van der Waals surface area contributed by atoms with Crippen LogP contribution in [0.5, 0.6) is 5.75 Å². The van der Waals surface area contributed by atoms with Gasteiger partial charge in [0.2, 0.25) is 10.0 Å². The number of sulfonamides is 1. The topological polar surface area (TPSA) is 93.0 Å². The summed E-state index contributed by atoms with van der Waals surface area (Å²) in [4.78, 5) is 12.4. The van der Waals surface area contributed by atoms with Crippen molar-refractivity contribution in [2.24, 2.45) is 0 Å². The third-order valence-corrected chi connectivity index (χ3v) is 7.02. The molecule has 0 spiro atoms. The van der Waals surface area contributed by atoms with Crippen LogP contribution < -0.4 is 4.74 Å². The van der Waals surface area contributed by atoms with Crippen molar-refractivity contribution in [3.63, 3.8) is 0 Å². The molecule has 2 aromatic rings. The smallest absolute Gasteiger partial charge is 0.270 e. The Hall–Kier alpha value is -2.01. The Morgan fingerprint density at radius 2 is 1.86 bits per heavy atom. The summed E-state index contributed by atoms with van der Waals surface area (Å²) >= 11 is 3.46. The number of nitro benzene ring substituents is 1. The van der Waals surface area contributed by atoms with Crippen LogP contribution in [0.15, 0.2) is 51.8 Å². The maximum atomic E-state index is 12.8. The molecule has 8 nitrogen and oxygen atoms in total. The number of methoxy groups -OCH3 is 1. The zero-order valence-electron chi connectivity index (χ0n) is 15.2. The van der Waals surface area contributed by atoms with Crippen molar-refractivity contribution < 1.29 is 18.1 Å². The average Bonchev–Trinajstić information content (AvgIpc) is 2.69. The van der Waals surface area contributed by atoms with Gasteiger partial charge >= 0.3 is 0 Å². The van der Waals surface area contributed by atoms with Crippen molar-refractivity contribution in [3.05, 3.63) is 62.6 Å². The summed E-state index contributed by atoms with van der Waals surface area (Å²) in [5.74, 6) is 0.787. The van der Waals surface area contributed by atoms with E-state index in [4.69, 9.17) is 4.74 Å². The molecule has 0 saturated carbocycles. The molecule has 0 unspecified atom stereocenters. The molecule has 1 aliphatic rings. The number of nitro groups is 1. The molecule has 0 bridgehead atoms. The van der Waals surface area contributed by atoms with E-state index in [-0.39, 0.29) is 10.6 Å². The molecule has 1 saturated heterocycles. The highest BCUT2D eigenvalue weighted by Crippen LogP contribution is 2.26. The van der Waals surface area contributed by atoms with Crippen molar-refractivity contribution in [1.29, 1.82) is 0 Å². The first-order valence-corrected chi connectivity index (χ1v) is 10.8. The largest absolute Gasteiger partial charge is 0.496 e. The van der Waals surface area contributed by atoms with Crippen molar-refractivity contribution >= 4 is 31.6 Å². The molecule has 28 heavy (non-hydrogen) atoms. The predicted molar refractivity (Wildman–Crippen MR) is 108 cm³/mol. The van der Waals surface area contributed by atoms with Gasteiger partial charge in [-0.05, 0) is 24.3 Å². The summed E-state index contributed by atoms with van der Waals surface area (Å²) < 4.78 is 33.4. The minimum atomic E-state index is -3.76. The van der Waals surface area contributed by atoms with E-state index in [1.165, 1.54) is 22.5 Å². The Kier molecular flexibility index (Phi) is 6.33. The van der Waals surface area contributed by atoms with Gasteiger partial charge in [0.05, 0.1) is 16.9 Å². The van der Waals surface area contributed by atoms with E-state index in [1.54, 1.807) is 7.11 Å². The quantitative estimate of drug-likeness (QED) is 0.476. The van der Waals surface area contributed by atoms with Gasteiger partial charge in [-0.3, -0.25) is 15.0 Å². The van der Waals surface area contributed by atoms with E-state index in [0.29, 0.717) is 32.7 Å². The molecule has 0 atom stereocenters. The van der Waals surface area contributed by atoms with Crippen LogP contribution in [-0.4, -0.2) is 55.8 Å². The SMILES string of the molecule is COc1ccc(Br)cc1CN1CCN(S(=O)(=O)c2cccc([N+](=O)[O-])c2)CC1. The number of hydrogen-bond donors (Lipinski definition) is 0. The molecule has 2 aromatic carbocycles. The summed E-state index contributed by atoms with van der Waals surface area (Å²) in [5.41, 5.74) is 0.785. The van der Waals surface area contributed by atoms with Crippen LogP contribution in [0.25, 0.3) is 0 Å². The van der Waals surface area contributed by atoms with Gasteiger partial charge in [-0.15, -0.1) is 0 Å². The fourth-order valence-electron chi connectivity index (χ4n) is 3.15. The Balaban J connectivity index is 1.69. The van der Waals surface area contributed by atoms with E-state index >= 15 is 0 Å². The Bertz CT molecular complexity index is 975. The van der Waals surface area contributed by atoms with Crippen molar-refractivity contribution in [2.75, 3.05) is 33.3 Å². The second-order valence-electron chi connectivity index (χ2n) is 6.39. The predicted octanol–water partition coefficient (Wildman–Crippen LogP) is 2.87. The lowest BCUT2D eigenvalue weighted by Crippen LogP contribution is -2.48. The summed E-state index contributed by atoms with van der Waals surface area (Å²) in [6, 6.07) is 11.0. The van der Waals surface area contributed by atoms with Crippen molar-refractivity contribution in [2.45, 2.75) is 11.4 Å². The zero-order valence-corrected chi connectivity index (χ0v) is 17.6. The minimum Gasteiger partial charge on any atom is -0.496 e. The van der Waals surface area contributed by atoms with Crippen LogP contribution >= 0.6 is 15.9 Å². The van der Waals surface area contributed by atoms with E-state index in [0.717, 1.165) is 21.9 Å². The van der Waals surface area contributed by atoms with Gasteiger partial charge in [0.1, 0.15) is 5.75 Å². The van der Waals surface area contributed by atoms with Crippen molar-refractivity contribution in [1.82, 2.24) is 9.21 Å². The van der Waals surface area contributed by atoms with Crippen LogP contribution in [0.1, 0.15) is 5.56 Å². The fraction of sp³-hybridized carbons (Fsp3) is 0.333. The normalized spacial score (nSPS) is 16.1. The number of hydrogen-bond acceptors (Lipinski definition) is 6. The molecule has 0 aromatic heterocycles. The second kappa shape index (κ2) is 8.56. The highest BCUT2D eigenvalue weighted by Gasteiger charge is 2.29. The molecule has 1 fully saturated rings. The fourth-order valence-corrected chi connectivity index (χ4v) is 5.02.